The van der Waals surface area contributed by atoms with E-state index in [0.717, 1.165) is 24.6 Å². The summed E-state index contributed by atoms with van der Waals surface area (Å²) in [7, 11) is 2.20. The first-order chi connectivity index (χ1) is 11.1. The molecule has 7 nitrogen and oxygen atoms in total. The molecule has 4 rings (SSSR count). The second-order valence-electron chi connectivity index (χ2n) is 7.06. The minimum absolute atomic E-state index is 0.394. The maximum atomic E-state index is 4.60. The van der Waals surface area contributed by atoms with Crippen LogP contribution in [0.1, 0.15) is 25.5 Å². The van der Waals surface area contributed by atoms with E-state index in [-0.39, 0.29) is 0 Å². The lowest BCUT2D eigenvalue weighted by molar-refractivity contribution is 0.0959. The van der Waals surface area contributed by atoms with Gasteiger partial charge in [0.2, 0.25) is 0 Å². The number of likely N-dealkylation sites (N-methyl/N-ethyl adjacent to an activating group) is 1. The van der Waals surface area contributed by atoms with Gasteiger partial charge in [-0.25, -0.2) is 4.98 Å². The van der Waals surface area contributed by atoms with Crippen molar-refractivity contribution in [2.45, 2.75) is 25.8 Å². The van der Waals surface area contributed by atoms with Gasteiger partial charge in [-0.1, -0.05) is 13.8 Å². The van der Waals surface area contributed by atoms with Gasteiger partial charge in [0.25, 0.3) is 5.78 Å². The predicted octanol–water partition coefficient (Wildman–Crippen LogP) is 0.684. The van der Waals surface area contributed by atoms with E-state index >= 15 is 0 Å². The fourth-order valence-electron chi connectivity index (χ4n) is 3.40. The molecular weight excluding hydrogens is 290 g/mol. The lowest BCUT2D eigenvalue weighted by Crippen LogP contribution is -2.63. The van der Waals surface area contributed by atoms with Crippen molar-refractivity contribution in [1.82, 2.24) is 29.4 Å². The van der Waals surface area contributed by atoms with Crippen molar-refractivity contribution < 1.29 is 0 Å². The highest BCUT2D eigenvalue weighted by molar-refractivity contribution is 5.50. The minimum atomic E-state index is 0.394. The molecule has 0 unspecified atom stereocenters. The van der Waals surface area contributed by atoms with E-state index in [9.17, 15) is 0 Å². The third-order valence-corrected chi connectivity index (χ3v) is 5.08. The Balaban J connectivity index is 1.51. The molecule has 0 N–H and O–H groups in total. The summed E-state index contributed by atoms with van der Waals surface area (Å²) in [5.74, 6) is 2.22. The van der Waals surface area contributed by atoms with E-state index < -0.39 is 0 Å². The predicted molar refractivity (Wildman–Crippen MR) is 89.9 cm³/mol. The van der Waals surface area contributed by atoms with Gasteiger partial charge in [-0.2, -0.15) is 14.6 Å². The van der Waals surface area contributed by atoms with Crippen molar-refractivity contribution in [3.8, 4) is 0 Å². The van der Waals surface area contributed by atoms with Crippen molar-refractivity contribution in [3.63, 3.8) is 0 Å². The second-order valence-corrected chi connectivity index (χ2v) is 7.06. The number of aromatic nitrogens is 4. The molecule has 0 atom stereocenters. The molecule has 0 aliphatic carbocycles. The van der Waals surface area contributed by atoms with Crippen LogP contribution in [0, 0.1) is 0 Å². The monoisotopic (exact) mass is 315 g/mol. The van der Waals surface area contributed by atoms with Gasteiger partial charge < -0.3 is 9.80 Å². The van der Waals surface area contributed by atoms with Crippen LogP contribution >= 0.6 is 0 Å². The molecule has 0 amide bonds. The van der Waals surface area contributed by atoms with Gasteiger partial charge in [-0.05, 0) is 13.0 Å². The van der Waals surface area contributed by atoms with E-state index in [1.54, 1.807) is 6.33 Å². The number of nitrogens with zero attached hydrogens (tertiary/aromatic N) is 7. The molecule has 0 aromatic carbocycles. The Kier molecular flexibility index (Phi) is 3.69. The third-order valence-electron chi connectivity index (χ3n) is 5.08. The summed E-state index contributed by atoms with van der Waals surface area (Å²) >= 11 is 0. The van der Waals surface area contributed by atoms with Crippen LogP contribution in [0.2, 0.25) is 0 Å². The van der Waals surface area contributed by atoms with Gasteiger partial charge in [0.05, 0.1) is 5.69 Å². The molecule has 2 aromatic rings. The van der Waals surface area contributed by atoms with E-state index in [1.165, 1.54) is 26.2 Å². The quantitative estimate of drug-likeness (QED) is 0.830. The van der Waals surface area contributed by atoms with Gasteiger partial charge in [0.15, 0.2) is 0 Å². The Hall–Kier alpha value is -1.73. The highest BCUT2D eigenvalue weighted by atomic mass is 15.4. The minimum Gasteiger partial charge on any atom is -0.353 e. The molecule has 4 heterocycles. The van der Waals surface area contributed by atoms with E-state index in [0.29, 0.717) is 17.7 Å². The first-order valence-electron chi connectivity index (χ1n) is 8.50. The Bertz CT molecular complexity index is 681. The van der Waals surface area contributed by atoms with Crippen LogP contribution in [0.15, 0.2) is 12.4 Å². The molecule has 124 valence electrons. The van der Waals surface area contributed by atoms with Crippen LogP contribution in [0.3, 0.4) is 0 Å². The summed E-state index contributed by atoms with van der Waals surface area (Å²) in [6.45, 7) is 11.2. The van der Waals surface area contributed by atoms with Crippen molar-refractivity contribution in [2.24, 2.45) is 0 Å². The van der Waals surface area contributed by atoms with Crippen molar-refractivity contribution in [3.05, 3.63) is 18.1 Å². The molecule has 7 heteroatoms. The maximum absolute atomic E-state index is 4.60. The van der Waals surface area contributed by atoms with E-state index in [1.807, 2.05) is 4.52 Å². The number of hydrogen-bond acceptors (Lipinski definition) is 6. The zero-order chi connectivity index (χ0) is 16.0. The van der Waals surface area contributed by atoms with Crippen LogP contribution in [-0.2, 0) is 0 Å². The average Bonchev–Trinajstić information content (AvgIpc) is 2.96. The maximum Gasteiger partial charge on any atom is 0.254 e. The highest BCUT2D eigenvalue weighted by Crippen LogP contribution is 2.26. The topological polar surface area (TPSA) is 52.8 Å². The second kappa shape index (κ2) is 5.72. The molecule has 0 radical (unpaired) electrons. The van der Waals surface area contributed by atoms with Crippen molar-refractivity contribution in [2.75, 3.05) is 51.2 Å². The first kappa shape index (κ1) is 14.8. The number of piperazine rings is 1. The van der Waals surface area contributed by atoms with Gasteiger partial charge in [-0.15, -0.1) is 0 Å². The molecule has 2 saturated heterocycles. The summed E-state index contributed by atoms with van der Waals surface area (Å²) in [6, 6.07) is 2.84. The highest BCUT2D eigenvalue weighted by Gasteiger charge is 2.34. The Morgan fingerprint density at radius 1 is 1.13 bits per heavy atom. The molecule has 2 fully saturated rings. The van der Waals surface area contributed by atoms with Crippen LogP contribution in [-0.4, -0.2) is 81.7 Å². The van der Waals surface area contributed by atoms with Crippen molar-refractivity contribution >= 4 is 11.6 Å². The SMILES string of the molecule is CC(C)c1cc(N2CC(N3CCN(C)CC3)C2)n2ncnc2n1. The largest absolute Gasteiger partial charge is 0.353 e. The number of fused-ring (bicyclic) bond motifs is 1. The molecule has 2 aromatic heterocycles. The molecular formula is C16H25N7. The zero-order valence-corrected chi connectivity index (χ0v) is 14.2. The average molecular weight is 315 g/mol. The molecule has 2 aliphatic rings. The first-order valence-corrected chi connectivity index (χ1v) is 8.50. The smallest absolute Gasteiger partial charge is 0.254 e. The molecule has 0 saturated carbocycles. The number of rotatable bonds is 3. The fraction of sp³-hybridized carbons (Fsp3) is 0.688. The summed E-state index contributed by atoms with van der Waals surface area (Å²) in [5, 5.41) is 4.35. The number of hydrogen-bond donors (Lipinski definition) is 0. The normalized spacial score (nSPS) is 21.3. The zero-order valence-electron chi connectivity index (χ0n) is 14.2. The summed E-state index contributed by atoms with van der Waals surface area (Å²) in [4.78, 5) is 16.3. The summed E-state index contributed by atoms with van der Waals surface area (Å²) < 4.78 is 1.87. The van der Waals surface area contributed by atoms with Crippen LogP contribution < -0.4 is 4.90 Å². The Morgan fingerprint density at radius 3 is 2.57 bits per heavy atom. The molecule has 23 heavy (non-hydrogen) atoms. The van der Waals surface area contributed by atoms with Gasteiger partial charge in [-0.3, -0.25) is 4.90 Å². The van der Waals surface area contributed by atoms with Gasteiger partial charge in [0, 0.05) is 51.4 Å². The van der Waals surface area contributed by atoms with Crippen LogP contribution in [0.4, 0.5) is 5.82 Å². The Morgan fingerprint density at radius 2 is 1.87 bits per heavy atom. The van der Waals surface area contributed by atoms with Crippen LogP contribution in [0.5, 0.6) is 0 Å². The van der Waals surface area contributed by atoms with E-state index in [4.69, 9.17) is 0 Å². The van der Waals surface area contributed by atoms with E-state index in [2.05, 4.69) is 56.7 Å². The summed E-state index contributed by atoms with van der Waals surface area (Å²) in [5.41, 5.74) is 1.09. The lowest BCUT2D eigenvalue weighted by Gasteiger charge is -2.48. The molecule has 0 spiro atoms. The van der Waals surface area contributed by atoms with Crippen molar-refractivity contribution in [1.29, 1.82) is 0 Å². The number of anilines is 1. The van der Waals surface area contributed by atoms with Crippen LogP contribution in [0.25, 0.3) is 5.78 Å². The molecule has 0 bridgehead atoms. The summed E-state index contributed by atoms with van der Waals surface area (Å²) in [6.07, 6.45) is 1.59. The molecule has 2 aliphatic heterocycles. The Labute approximate surface area is 136 Å². The lowest BCUT2D eigenvalue weighted by atomic mass is 10.1. The standard InChI is InChI=1S/C16H25N7/c1-12(2)14-8-15(23-16(19-14)17-11-18-23)22-9-13(10-22)21-6-4-20(3)5-7-21/h8,11-13H,4-7,9-10H2,1-3H3. The van der Waals surface area contributed by atoms with Gasteiger partial charge in [0.1, 0.15) is 12.1 Å². The van der Waals surface area contributed by atoms with Gasteiger partial charge >= 0.3 is 0 Å². The fourth-order valence-corrected chi connectivity index (χ4v) is 3.40. The third kappa shape index (κ3) is 2.68.